The first-order valence-corrected chi connectivity index (χ1v) is 7.47. The monoisotopic (exact) mass is 290 g/mol. The van der Waals surface area contributed by atoms with Gasteiger partial charge in [-0.15, -0.1) is 10.2 Å². The van der Waals surface area contributed by atoms with Crippen LogP contribution >= 0.6 is 0 Å². The second kappa shape index (κ2) is 7.19. The van der Waals surface area contributed by atoms with Gasteiger partial charge in [0.1, 0.15) is 12.2 Å². The lowest BCUT2D eigenvalue weighted by atomic mass is 10.3. The van der Waals surface area contributed by atoms with E-state index in [-0.39, 0.29) is 25.1 Å². The fraction of sp³-hybridized carbons (Fsp3) is 0.700. The molecule has 1 aromatic heterocycles. The van der Waals surface area contributed by atoms with E-state index in [0.717, 1.165) is 0 Å². The molecule has 19 heavy (non-hydrogen) atoms. The van der Waals surface area contributed by atoms with Crippen LogP contribution in [0.3, 0.4) is 0 Å². The van der Waals surface area contributed by atoms with Crippen LogP contribution < -0.4 is 4.72 Å². The van der Waals surface area contributed by atoms with E-state index < -0.39 is 16.0 Å². The van der Waals surface area contributed by atoms with Gasteiger partial charge in [-0.2, -0.15) is 0 Å². The number of aryl methyl sites for hydroxylation is 1. The standard InChI is InChI=1S/C10H18N4O4S/c1-14-8-11-13-9(14)5-6-12-19(16,17)7-3-4-10(15)18-2/h8,12H,3-7H2,1-2H3. The molecule has 0 atom stereocenters. The van der Waals surface area contributed by atoms with Crippen LogP contribution in [0.15, 0.2) is 6.33 Å². The Labute approximate surface area is 112 Å². The Hall–Kier alpha value is -1.48. The van der Waals surface area contributed by atoms with Gasteiger partial charge in [-0.3, -0.25) is 4.79 Å². The Morgan fingerprint density at radius 3 is 2.84 bits per heavy atom. The Kier molecular flexibility index (Phi) is 5.90. The molecule has 1 aromatic rings. The third-order valence-electron chi connectivity index (χ3n) is 2.50. The quantitative estimate of drug-likeness (QED) is 0.631. The van der Waals surface area contributed by atoms with E-state index in [4.69, 9.17) is 0 Å². The van der Waals surface area contributed by atoms with E-state index in [0.29, 0.717) is 12.2 Å². The highest BCUT2D eigenvalue weighted by molar-refractivity contribution is 7.89. The summed E-state index contributed by atoms with van der Waals surface area (Å²) in [4.78, 5) is 10.8. The number of hydrogen-bond donors (Lipinski definition) is 1. The molecule has 0 spiro atoms. The lowest BCUT2D eigenvalue weighted by Gasteiger charge is -2.06. The maximum atomic E-state index is 11.6. The van der Waals surface area contributed by atoms with Gasteiger partial charge >= 0.3 is 5.97 Å². The van der Waals surface area contributed by atoms with E-state index in [1.165, 1.54) is 7.11 Å². The molecule has 0 saturated carbocycles. The summed E-state index contributed by atoms with van der Waals surface area (Å²) in [5.41, 5.74) is 0. The molecule has 0 saturated heterocycles. The summed E-state index contributed by atoms with van der Waals surface area (Å²) in [6, 6.07) is 0. The Morgan fingerprint density at radius 1 is 1.53 bits per heavy atom. The average molecular weight is 290 g/mol. The fourth-order valence-electron chi connectivity index (χ4n) is 1.43. The summed E-state index contributed by atoms with van der Waals surface area (Å²) in [5, 5.41) is 7.55. The summed E-state index contributed by atoms with van der Waals surface area (Å²) in [6.07, 6.45) is 2.36. The second-order valence-electron chi connectivity index (χ2n) is 4.00. The average Bonchev–Trinajstić information content (AvgIpc) is 2.74. The van der Waals surface area contributed by atoms with Crippen molar-refractivity contribution in [2.45, 2.75) is 19.3 Å². The molecule has 0 fully saturated rings. The Morgan fingerprint density at radius 2 is 2.26 bits per heavy atom. The zero-order chi connectivity index (χ0) is 14.3. The first-order chi connectivity index (χ1) is 8.94. The van der Waals surface area contributed by atoms with E-state index in [1.807, 2.05) is 0 Å². The number of esters is 1. The molecule has 1 heterocycles. The summed E-state index contributed by atoms with van der Waals surface area (Å²) in [6.45, 7) is 0.257. The number of carbonyl (C=O) groups excluding carboxylic acids is 1. The number of carbonyl (C=O) groups is 1. The van der Waals surface area contributed by atoms with Crippen molar-refractivity contribution in [2.24, 2.45) is 7.05 Å². The summed E-state index contributed by atoms with van der Waals surface area (Å²) >= 11 is 0. The van der Waals surface area contributed by atoms with Crippen molar-refractivity contribution in [3.05, 3.63) is 12.2 Å². The van der Waals surface area contributed by atoms with Gasteiger partial charge in [0.2, 0.25) is 10.0 Å². The zero-order valence-electron chi connectivity index (χ0n) is 11.0. The number of rotatable bonds is 8. The highest BCUT2D eigenvalue weighted by Crippen LogP contribution is 1.97. The van der Waals surface area contributed by atoms with Crippen LogP contribution in [-0.2, 0) is 33.0 Å². The van der Waals surface area contributed by atoms with Gasteiger partial charge < -0.3 is 9.30 Å². The number of hydrogen-bond acceptors (Lipinski definition) is 6. The first kappa shape index (κ1) is 15.6. The van der Waals surface area contributed by atoms with Crippen LogP contribution in [0.1, 0.15) is 18.7 Å². The molecular formula is C10H18N4O4S. The summed E-state index contributed by atoms with van der Waals surface area (Å²) < 4.78 is 31.8. The molecule has 108 valence electrons. The zero-order valence-corrected chi connectivity index (χ0v) is 11.8. The van der Waals surface area contributed by atoms with Crippen molar-refractivity contribution >= 4 is 16.0 Å². The van der Waals surface area contributed by atoms with Crippen molar-refractivity contribution < 1.29 is 17.9 Å². The lowest BCUT2D eigenvalue weighted by molar-refractivity contribution is -0.140. The molecule has 0 aromatic carbocycles. The van der Waals surface area contributed by atoms with Crippen LogP contribution in [0.4, 0.5) is 0 Å². The fourth-order valence-corrected chi connectivity index (χ4v) is 2.51. The molecular weight excluding hydrogens is 272 g/mol. The number of methoxy groups -OCH3 is 1. The molecule has 0 unspecified atom stereocenters. The van der Waals surface area contributed by atoms with Crippen LogP contribution in [0.5, 0.6) is 0 Å². The van der Waals surface area contributed by atoms with Crippen LogP contribution in [0, 0.1) is 0 Å². The van der Waals surface area contributed by atoms with Gasteiger partial charge in [-0.1, -0.05) is 0 Å². The highest BCUT2D eigenvalue weighted by Gasteiger charge is 2.11. The van der Waals surface area contributed by atoms with Gasteiger partial charge in [0.15, 0.2) is 0 Å². The maximum Gasteiger partial charge on any atom is 0.305 e. The highest BCUT2D eigenvalue weighted by atomic mass is 32.2. The molecule has 0 amide bonds. The van der Waals surface area contributed by atoms with Crippen molar-refractivity contribution in [1.29, 1.82) is 0 Å². The normalized spacial score (nSPS) is 11.5. The van der Waals surface area contributed by atoms with Crippen molar-refractivity contribution in [3.63, 3.8) is 0 Å². The molecule has 0 aliphatic rings. The predicted octanol–water partition coefficient (Wildman–Crippen LogP) is -0.770. The maximum absolute atomic E-state index is 11.6. The van der Waals surface area contributed by atoms with Gasteiger partial charge in [-0.25, -0.2) is 13.1 Å². The Bertz CT molecular complexity index is 511. The van der Waals surface area contributed by atoms with Gasteiger partial charge in [0, 0.05) is 26.4 Å². The van der Waals surface area contributed by atoms with E-state index in [9.17, 15) is 13.2 Å². The SMILES string of the molecule is COC(=O)CCCS(=O)(=O)NCCc1nncn1C. The van der Waals surface area contributed by atoms with Crippen LogP contribution in [0.2, 0.25) is 0 Å². The molecule has 1 rings (SSSR count). The predicted molar refractivity (Wildman–Crippen MR) is 67.7 cm³/mol. The second-order valence-corrected chi connectivity index (χ2v) is 5.93. The lowest BCUT2D eigenvalue weighted by Crippen LogP contribution is -2.29. The van der Waals surface area contributed by atoms with E-state index in [1.54, 1.807) is 17.9 Å². The number of nitrogens with zero attached hydrogens (tertiary/aromatic N) is 3. The largest absolute Gasteiger partial charge is 0.469 e. The molecule has 1 N–H and O–H groups in total. The van der Waals surface area contributed by atoms with Gasteiger partial charge in [-0.05, 0) is 6.42 Å². The number of sulfonamides is 1. The molecule has 0 aliphatic heterocycles. The third-order valence-corrected chi connectivity index (χ3v) is 3.97. The smallest absolute Gasteiger partial charge is 0.305 e. The van der Waals surface area contributed by atoms with Crippen LogP contribution in [-0.4, -0.2) is 48.6 Å². The molecule has 0 radical (unpaired) electrons. The van der Waals surface area contributed by atoms with Crippen molar-refractivity contribution in [1.82, 2.24) is 19.5 Å². The molecule has 0 aliphatic carbocycles. The minimum atomic E-state index is -3.37. The van der Waals surface area contributed by atoms with Gasteiger partial charge in [0.05, 0.1) is 12.9 Å². The summed E-state index contributed by atoms with van der Waals surface area (Å²) in [5.74, 6) is 0.201. The van der Waals surface area contributed by atoms with E-state index >= 15 is 0 Å². The topological polar surface area (TPSA) is 103 Å². The van der Waals surface area contributed by atoms with Gasteiger partial charge in [0.25, 0.3) is 0 Å². The first-order valence-electron chi connectivity index (χ1n) is 5.81. The number of ether oxygens (including phenoxy) is 1. The summed E-state index contributed by atoms with van der Waals surface area (Å²) in [7, 11) is -0.301. The van der Waals surface area contributed by atoms with Crippen molar-refractivity contribution in [2.75, 3.05) is 19.4 Å². The molecule has 9 heteroatoms. The van der Waals surface area contributed by atoms with Crippen LogP contribution in [0.25, 0.3) is 0 Å². The Balaban J connectivity index is 2.27. The molecule has 8 nitrogen and oxygen atoms in total. The number of aromatic nitrogens is 3. The number of nitrogens with one attached hydrogen (secondary N) is 1. The van der Waals surface area contributed by atoms with E-state index in [2.05, 4.69) is 19.7 Å². The minimum Gasteiger partial charge on any atom is -0.469 e. The van der Waals surface area contributed by atoms with Crippen molar-refractivity contribution in [3.8, 4) is 0 Å². The molecule has 0 bridgehead atoms. The minimum absolute atomic E-state index is 0.0963. The third kappa shape index (κ3) is 5.79.